The smallest absolute Gasteiger partial charge is 0.340 e. The first kappa shape index (κ1) is 10.5. The Bertz CT molecular complexity index is 543. The van der Waals surface area contributed by atoms with Crippen LogP contribution in [0.15, 0.2) is 18.2 Å². The Balaban J connectivity index is 2.68. The molecule has 1 aromatic carbocycles. The number of anilines is 1. The van der Waals surface area contributed by atoms with E-state index in [0.29, 0.717) is 17.9 Å². The second kappa shape index (κ2) is 3.89. The van der Waals surface area contributed by atoms with Gasteiger partial charge in [0.05, 0.1) is 12.2 Å². The number of esters is 1. The van der Waals surface area contributed by atoms with E-state index in [2.05, 4.69) is 4.98 Å². The van der Waals surface area contributed by atoms with Crippen molar-refractivity contribution in [2.24, 2.45) is 0 Å². The van der Waals surface area contributed by atoms with Crippen LogP contribution in [0.2, 0.25) is 0 Å². The number of aromatic nitrogens is 1. The van der Waals surface area contributed by atoms with Crippen molar-refractivity contribution < 1.29 is 9.53 Å². The number of aryl methyl sites for hydroxylation is 1. The lowest BCUT2D eigenvalue weighted by Gasteiger charge is -2.02. The Kier molecular flexibility index (Phi) is 2.56. The zero-order valence-electron chi connectivity index (χ0n) is 9.33. The van der Waals surface area contributed by atoms with Crippen molar-refractivity contribution in [2.75, 3.05) is 12.3 Å². The van der Waals surface area contributed by atoms with Gasteiger partial charge in [-0.3, -0.25) is 0 Å². The highest BCUT2D eigenvalue weighted by Gasteiger charge is 2.18. The summed E-state index contributed by atoms with van der Waals surface area (Å²) in [5.41, 5.74) is 8.65. The van der Waals surface area contributed by atoms with Crippen molar-refractivity contribution in [2.45, 2.75) is 13.8 Å². The van der Waals surface area contributed by atoms with Gasteiger partial charge in [-0.2, -0.15) is 0 Å². The number of nitrogens with two attached hydrogens (primary N) is 1. The lowest BCUT2D eigenvalue weighted by molar-refractivity contribution is 0.0528. The zero-order chi connectivity index (χ0) is 11.7. The predicted octanol–water partition coefficient (Wildman–Crippen LogP) is 2.24. The quantitative estimate of drug-likeness (QED) is 0.600. The van der Waals surface area contributed by atoms with Gasteiger partial charge in [-0.25, -0.2) is 4.79 Å². The van der Waals surface area contributed by atoms with E-state index >= 15 is 0 Å². The highest BCUT2D eigenvalue weighted by Crippen LogP contribution is 2.27. The molecule has 84 valence electrons. The predicted molar refractivity (Wildman–Crippen MR) is 63.4 cm³/mol. The van der Waals surface area contributed by atoms with Crippen LogP contribution in [0.25, 0.3) is 10.9 Å². The van der Waals surface area contributed by atoms with Crippen LogP contribution < -0.4 is 5.73 Å². The lowest BCUT2D eigenvalue weighted by Crippen LogP contribution is -2.06. The molecule has 0 aliphatic rings. The molecule has 4 nitrogen and oxygen atoms in total. The minimum Gasteiger partial charge on any atom is -0.462 e. The van der Waals surface area contributed by atoms with Crippen molar-refractivity contribution in [1.82, 2.24) is 4.98 Å². The molecule has 3 N–H and O–H groups in total. The third-order valence-electron chi connectivity index (χ3n) is 2.52. The van der Waals surface area contributed by atoms with Crippen molar-refractivity contribution in [1.29, 1.82) is 0 Å². The van der Waals surface area contributed by atoms with E-state index in [1.54, 1.807) is 13.0 Å². The molecule has 0 aliphatic carbocycles. The Morgan fingerprint density at radius 2 is 2.25 bits per heavy atom. The number of hydrogen-bond acceptors (Lipinski definition) is 3. The number of H-pyrrole nitrogens is 1. The topological polar surface area (TPSA) is 68.1 Å². The zero-order valence-corrected chi connectivity index (χ0v) is 9.33. The summed E-state index contributed by atoms with van der Waals surface area (Å²) in [6, 6.07) is 5.52. The molecular weight excluding hydrogens is 204 g/mol. The molecule has 1 aromatic heterocycles. The molecular formula is C12H14N2O2. The maximum Gasteiger partial charge on any atom is 0.340 e. The van der Waals surface area contributed by atoms with Crippen LogP contribution in [-0.4, -0.2) is 17.6 Å². The third kappa shape index (κ3) is 1.52. The largest absolute Gasteiger partial charge is 0.462 e. The Morgan fingerprint density at radius 3 is 2.94 bits per heavy atom. The molecule has 0 aliphatic heterocycles. The SMILES string of the molecule is CCOC(=O)c1c(C)[nH]c2cccc(N)c12. The van der Waals surface area contributed by atoms with Gasteiger partial charge in [0.25, 0.3) is 0 Å². The molecule has 2 aromatic rings. The van der Waals surface area contributed by atoms with Crippen molar-refractivity contribution in [3.63, 3.8) is 0 Å². The summed E-state index contributed by atoms with van der Waals surface area (Å²) in [5, 5.41) is 0.749. The van der Waals surface area contributed by atoms with Gasteiger partial charge >= 0.3 is 5.97 Å². The van der Waals surface area contributed by atoms with Gasteiger partial charge in [0.15, 0.2) is 0 Å². The first-order valence-electron chi connectivity index (χ1n) is 5.19. The Morgan fingerprint density at radius 1 is 1.50 bits per heavy atom. The summed E-state index contributed by atoms with van der Waals surface area (Å²) in [5.74, 6) is -0.329. The number of benzene rings is 1. The number of nitrogen functional groups attached to an aromatic ring is 1. The molecule has 16 heavy (non-hydrogen) atoms. The molecule has 0 saturated heterocycles. The number of carbonyl (C=O) groups excluding carboxylic acids is 1. The molecule has 0 amide bonds. The summed E-state index contributed by atoms with van der Waals surface area (Å²) in [6.07, 6.45) is 0. The average molecular weight is 218 g/mol. The number of nitrogens with one attached hydrogen (secondary N) is 1. The molecule has 0 spiro atoms. The highest BCUT2D eigenvalue weighted by atomic mass is 16.5. The van der Waals surface area contributed by atoms with E-state index in [1.165, 1.54) is 0 Å². The fourth-order valence-electron chi connectivity index (χ4n) is 1.86. The van der Waals surface area contributed by atoms with Gasteiger partial charge in [-0.15, -0.1) is 0 Å². The molecule has 4 heteroatoms. The van der Waals surface area contributed by atoms with Crippen LogP contribution >= 0.6 is 0 Å². The number of fused-ring (bicyclic) bond motifs is 1. The Hall–Kier alpha value is -1.97. The van der Waals surface area contributed by atoms with Gasteiger partial charge < -0.3 is 15.5 Å². The number of ether oxygens (including phenoxy) is 1. The van der Waals surface area contributed by atoms with Crippen LogP contribution in [0.4, 0.5) is 5.69 Å². The van der Waals surface area contributed by atoms with Crippen molar-refractivity contribution in [3.05, 3.63) is 29.5 Å². The molecule has 0 atom stereocenters. The fraction of sp³-hybridized carbons (Fsp3) is 0.250. The van der Waals surface area contributed by atoms with Gasteiger partial charge in [0, 0.05) is 22.3 Å². The molecule has 0 bridgehead atoms. The first-order chi connectivity index (χ1) is 7.65. The third-order valence-corrected chi connectivity index (χ3v) is 2.52. The average Bonchev–Trinajstić information content (AvgIpc) is 2.56. The van der Waals surface area contributed by atoms with Crippen molar-refractivity contribution in [3.8, 4) is 0 Å². The number of carbonyl (C=O) groups is 1. The molecule has 2 rings (SSSR count). The standard InChI is InChI=1S/C12H14N2O2/c1-3-16-12(15)10-7(2)14-9-6-4-5-8(13)11(9)10/h4-6,14H,3,13H2,1-2H3. The molecule has 0 saturated carbocycles. The van der Waals surface area contributed by atoms with E-state index in [4.69, 9.17) is 10.5 Å². The minimum absolute atomic E-state index is 0.329. The van der Waals surface area contributed by atoms with Crippen LogP contribution in [0.3, 0.4) is 0 Å². The molecule has 1 heterocycles. The summed E-state index contributed by atoms with van der Waals surface area (Å²) < 4.78 is 5.02. The molecule has 0 unspecified atom stereocenters. The summed E-state index contributed by atoms with van der Waals surface area (Å²) in [7, 11) is 0. The van der Waals surface area contributed by atoms with Crippen LogP contribution in [0, 0.1) is 6.92 Å². The second-order valence-electron chi connectivity index (χ2n) is 3.62. The van der Waals surface area contributed by atoms with E-state index in [-0.39, 0.29) is 5.97 Å². The van der Waals surface area contributed by atoms with Crippen LogP contribution in [0.5, 0.6) is 0 Å². The second-order valence-corrected chi connectivity index (χ2v) is 3.62. The van der Waals surface area contributed by atoms with E-state index in [1.807, 2.05) is 19.1 Å². The summed E-state index contributed by atoms with van der Waals surface area (Å²) in [4.78, 5) is 14.9. The monoisotopic (exact) mass is 218 g/mol. The fourth-order valence-corrected chi connectivity index (χ4v) is 1.86. The van der Waals surface area contributed by atoms with E-state index < -0.39 is 0 Å². The van der Waals surface area contributed by atoms with Gasteiger partial charge in [0.2, 0.25) is 0 Å². The normalized spacial score (nSPS) is 10.6. The van der Waals surface area contributed by atoms with Gasteiger partial charge in [0.1, 0.15) is 0 Å². The lowest BCUT2D eigenvalue weighted by atomic mass is 10.1. The highest BCUT2D eigenvalue weighted by molar-refractivity contribution is 6.10. The van der Waals surface area contributed by atoms with E-state index in [9.17, 15) is 4.79 Å². The van der Waals surface area contributed by atoms with Gasteiger partial charge in [-0.05, 0) is 26.0 Å². The number of rotatable bonds is 2. The maximum absolute atomic E-state index is 11.8. The maximum atomic E-state index is 11.8. The van der Waals surface area contributed by atoms with Crippen molar-refractivity contribution >= 4 is 22.6 Å². The first-order valence-corrected chi connectivity index (χ1v) is 5.19. The Labute approximate surface area is 93.4 Å². The van der Waals surface area contributed by atoms with Gasteiger partial charge in [-0.1, -0.05) is 6.07 Å². The van der Waals surface area contributed by atoms with Crippen LogP contribution in [-0.2, 0) is 4.74 Å². The van der Waals surface area contributed by atoms with Crippen LogP contribution in [0.1, 0.15) is 23.0 Å². The molecule has 0 fully saturated rings. The summed E-state index contributed by atoms with van der Waals surface area (Å²) in [6.45, 7) is 3.98. The molecule has 0 radical (unpaired) electrons. The number of hydrogen-bond donors (Lipinski definition) is 2. The van der Waals surface area contributed by atoms with E-state index in [0.717, 1.165) is 16.6 Å². The summed E-state index contributed by atoms with van der Waals surface area (Å²) >= 11 is 0. The number of aromatic amines is 1. The minimum atomic E-state index is -0.329.